The van der Waals surface area contributed by atoms with E-state index < -0.39 is 6.04 Å². The highest BCUT2D eigenvalue weighted by atomic mass is 16.5. The van der Waals surface area contributed by atoms with Gasteiger partial charge in [-0.05, 0) is 50.8 Å². The molecule has 0 radical (unpaired) electrons. The molecule has 0 aliphatic rings. The lowest BCUT2D eigenvalue weighted by Crippen LogP contribution is -2.52. The molecule has 0 saturated carbocycles. The predicted molar refractivity (Wildman–Crippen MR) is 116 cm³/mol. The summed E-state index contributed by atoms with van der Waals surface area (Å²) >= 11 is 0. The number of ether oxygens (including phenoxy) is 1. The van der Waals surface area contributed by atoms with Crippen molar-refractivity contribution in [3.63, 3.8) is 0 Å². The number of hydrogen-bond acceptors (Lipinski definition) is 3. The summed E-state index contributed by atoms with van der Waals surface area (Å²) in [6.45, 7) is 8.08. The lowest BCUT2D eigenvalue weighted by Gasteiger charge is -2.31. The molecule has 0 heterocycles. The Hall–Kier alpha value is -2.82. The molecule has 29 heavy (non-hydrogen) atoms. The van der Waals surface area contributed by atoms with Crippen LogP contribution in [-0.4, -0.2) is 41.9 Å². The molecule has 0 fully saturated rings. The highest BCUT2D eigenvalue weighted by molar-refractivity contribution is 5.88. The molecular formula is C24H32N2O3. The molecule has 0 aliphatic heterocycles. The first-order chi connectivity index (χ1) is 13.9. The third-order valence-electron chi connectivity index (χ3n) is 4.75. The second-order valence-corrected chi connectivity index (χ2v) is 7.46. The van der Waals surface area contributed by atoms with Gasteiger partial charge in [-0.25, -0.2) is 0 Å². The van der Waals surface area contributed by atoms with Crippen molar-refractivity contribution in [3.05, 3.63) is 65.7 Å². The standard InChI is InChI=1S/C24H32N2O3/c1-5-21(24(28)25-18(2)3)26(16-15-20-12-7-6-8-13-20)23(27)17-29-22-14-10-9-11-19(22)4/h6-14,18,21H,5,15-17H2,1-4H3,(H,25,28)/t21-/m1/s1. The average molecular weight is 397 g/mol. The summed E-state index contributed by atoms with van der Waals surface area (Å²) in [6.07, 6.45) is 1.23. The summed E-state index contributed by atoms with van der Waals surface area (Å²) in [5.41, 5.74) is 2.10. The third kappa shape index (κ3) is 6.93. The van der Waals surface area contributed by atoms with Crippen LogP contribution < -0.4 is 10.1 Å². The van der Waals surface area contributed by atoms with Crippen molar-refractivity contribution >= 4 is 11.8 Å². The van der Waals surface area contributed by atoms with Gasteiger partial charge in [-0.15, -0.1) is 0 Å². The molecule has 2 rings (SSSR count). The van der Waals surface area contributed by atoms with E-state index in [9.17, 15) is 9.59 Å². The number of nitrogens with zero attached hydrogens (tertiary/aromatic N) is 1. The second-order valence-electron chi connectivity index (χ2n) is 7.46. The molecule has 0 bridgehead atoms. The summed E-state index contributed by atoms with van der Waals surface area (Å²) in [6, 6.07) is 17.1. The van der Waals surface area contributed by atoms with E-state index in [1.807, 2.05) is 82.3 Å². The topological polar surface area (TPSA) is 58.6 Å². The van der Waals surface area contributed by atoms with Crippen LogP contribution in [-0.2, 0) is 16.0 Å². The maximum atomic E-state index is 13.1. The van der Waals surface area contributed by atoms with Crippen LogP contribution in [0.25, 0.3) is 0 Å². The van der Waals surface area contributed by atoms with Crippen LogP contribution >= 0.6 is 0 Å². The van der Waals surface area contributed by atoms with E-state index >= 15 is 0 Å². The fourth-order valence-electron chi connectivity index (χ4n) is 3.22. The molecule has 2 aromatic carbocycles. The molecule has 0 saturated heterocycles. The SMILES string of the molecule is CC[C@H](C(=O)NC(C)C)N(CCc1ccccc1)C(=O)COc1ccccc1C. The Morgan fingerprint density at radius 2 is 1.69 bits per heavy atom. The zero-order valence-electron chi connectivity index (χ0n) is 17.9. The monoisotopic (exact) mass is 396 g/mol. The van der Waals surface area contributed by atoms with Crippen molar-refractivity contribution in [2.45, 2.75) is 52.6 Å². The van der Waals surface area contributed by atoms with E-state index in [0.29, 0.717) is 25.1 Å². The van der Waals surface area contributed by atoms with Gasteiger partial charge in [0, 0.05) is 12.6 Å². The van der Waals surface area contributed by atoms with Crippen LogP contribution in [0.4, 0.5) is 0 Å². The van der Waals surface area contributed by atoms with Crippen molar-refractivity contribution in [1.82, 2.24) is 10.2 Å². The van der Waals surface area contributed by atoms with Gasteiger partial charge in [0.1, 0.15) is 11.8 Å². The molecule has 156 valence electrons. The van der Waals surface area contributed by atoms with Gasteiger partial charge < -0.3 is 15.0 Å². The van der Waals surface area contributed by atoms with Gasteiger partial charge in [0.25, 0.3) is 5.91 Å². The van der Waals surface area contributed by atoms with E-state index in [2.05, 4.69) is 5.32 Å². The molecule has 0 aromatic heterocycles. The van der Waals surface area contributed by atoms with Crippen LogP contribution in [0.5, 0.6) is 5.75 Å². The Kier molecular flexibility index (Phi) is 8.71. The van der Waals surface area contributed by atoms with Gasteiger partial charge in [0.2, 0.25) is 5.91 Å². The lowest BCUT2D eigenvalue weighted by atomic mass is 10.1. The van der Waals surface area contributed by atoms with Crippen molar-refractivity contribution in [1.29, 1.82) is 0 Å². The number of nitrogens with one attached hydrogen (secondary N) is 1. The fourth-order valence-corrected chi connectivity index (χ4v) is 3.22. The van der Waals surface area contributed by atoms with Crippen LogP contribution in [0.1, 0.15) is 38.3 Å². The van der Waals surface area contributed by atoms with Crippen molar-refractivity contribution in [2.24, 2.45) is 0 Å². The molecule has 2 aromatic rings. The average Bonchev–Trinajstić information content (AvgIpc) is 2.70. The van der Waals surface area contributed by atoms with Gasteiger partial charge in [0.15, 0.2) is 6.61 Å². The van der Waals surface area contributed by atoms with E-state index in [4.69, 9.17) is 4.74 Å². The highest BCUT2D eigenvalue weighted by Gasteiger charge is 2.28. The Labute approximate surface area is 174 Å². The lowest BCUT2D eigenvalue weighted by molar-refractivity contribution is -0.142. The highest BCUT2D eigenvalue weighted by Crippen LogP contribution is 2.17. The molecule has 1 atom stereocenters. The number of amides is 2. The summed E-state index contributed by atoms with van der Waals surface area (Å²) in [5, 5.41) is 2.94. The number of para-hydroxylation sites is 1. The molecular weight excluding hydrogens is 364 g/mol. The van der Waals surface area contributed by atoms with E-state index in [1.54, 1.807) is 4.90 Å². The van der Waals surface area contributed by atoms with Crippen LogP contribution in [0.2, 0.25) is 0 Å². The quantitative estimate of drug-likeness (QED) is 0.665. The Morgan fingerprint density at radius 3 is 2.31 bits per heavy atom. The van der Waals surface area contributed by atoms with Gasteiger partial charge in [-0.1, -0.05) is 55.5 Å². The first-order valence-electron chi connectivity index (χ1n) is 10.2. The zero-order chi connectivity index (χ0) is 21.2. The van der Waals surface area contributed by atoms with Gasteiger partial charge >= 0.3 is 0 Å². The maximum absolute atomic E-state index is 13.1. The second kappa shape index (κ2) is 11.2. The number of carbonyl (C=O) groups is 2. The number of aryl methyl sites for hydroxylation is 1. The molecule has 2 amide bonds. The minimum absolute atomic E-state index is 0.0193. The van der Waals surface area contributed by atoms with E-state index in [0.717, 1.165) is 11.1 Å². The first-order valence-corrected chi connectivity index (χ1v) is 10.2. The normalized spacial score (nSPS) is 11.8. The summed E-state index contributed by atoms with van der Waals surface area (Å²) in [7, 11) is 0. The number of rotatable bonds is 10. The number of benzene rings is 2. The smallest absolute Gasteiger partial charge is 0.261 e. The summed E-state index contributed by atoms with van der Waals surface area (Å²) < 4.78 is 5.76. The van der Waals surface area contributed by atoms with E-state index in [-0.39, 0.29) is 24.5 Å². The molecule has 1 N–H and O–H groups in total. The van der Waals surface area contributed by atoms with Crippen LogP contribution in [0.15, 0.2) is 54.6 Å². The van der Waals surface area contributed by atoms with E-state index in [1.165, 1.54) is 0 Å². The van der Waals surface area contributed by atoms with Gasteiger partial charge in [0.05, 0.1) is 0 Å². The van der Waals surface area contributed by atoms with Gasteiger partial charge in [-0.2, -0.15) is 0 Å². The maximum Gasteiger partial charge on any atom is 0.261 e. The molecule has 0 aliphatic carbocycles. The molecule has 5 nitrogen and oxygen atoms in total. The minimum atomic E-state index is -0.519. The number of hydrogen-bond donors (Lipinski definition) is 1. The Balaban J connectivity index is 2.13. The van der Waals surface area contributed by atoms with Crippen molar-refractivity contribution in [2.75, 3.05) is 13.2 Å². The van der Waals surface area contributed by atoms with Crippen LogP contribution in [0, 0.1) is 6.92 Å². The van der Waals surface area contributed by atoms with Crippen molar-refractivity contribution < 1.29 is 14.3 Å². The first kappa shape index (κ1) is 22.5. The number of carbonyl (C=O) groups excluding carboxylic acids is 2. The summed E-state index contributed by atoms with van der Waals surface area (Å²) in [4.78, 5) is 27.4. The molecule has 5 heteroatoms. The van der Waals surface area contributed by atoms with Crippen LogP contribution in [0.3, 0.4) is 0 Å². The largest absolute Gasteiger partial charge is 0.484 e. The third-order valence-corrected chi connectivity index (χ3v) is 4.75. The van der Waals surface area contributed by atoms with Gasteiger partial charge in [-0.3, -0.25) is 9.59 Å². The Bertz CT molecular complexity index is 790. The zero-order valence-corrected chi connectivity index (χ0v) is 17.9. The minimum Gasteiger partial charge on any atom is -0.484 e. The summed E-state index contributed by atoms with van der Waals surface area (Å²) in [5.74, 6) is 0.373. The molecule has 0 unspecified atom stereocenters. The fraction of sp³-hybridized carbons (Fsp3) is 0.417. The van der Waals surface area contributed by atoms with Crippen molar-refractivity contribution in [3.8, 4) is 5.75 Å². The predicted octanol–water partition coefficient (Wildman–Crippen LogP) is 3.75. The Morgan fingerprint density at radius 1 is 1.03 bits per heavy atom. The molecule has 0 spiro atoms.